The SMILES string of the molecule is O=C(O)c1ccc(C2=C(c3ccc(Cl)cc3)C=C(C=CC3C(=O)C=Cc4ccccc43)C2)cc1. The first-order chi connectivity index (χ1) is 16.5. The van der Waals surface area contributed by atoms with Gasteiger partial charge in [0.05, 0.1) is 11.5 Å². The molecule has 3 aromatic carbocycles. The topological polar surface area (TPSA) is 54.4 Å². The lowest BCUT2D eigenvalue weighted by Crippen LogP contribution is -2.12. The van der Waals surface area contributed by atoms with Crippen molar-refractivity contribution in [2.24, 2.45) is 0 Å². The first-order valence-electron chi connectivity index (χ1n) is 11.0. The van der Waals surface area contributed by atoms with Gasteiger partial charge in [-0.2, -0.15) is 0 Å². The van der Waals surface area contributed by atoms with Crippen molar-refractivity contribution in [2.75, 3.05) is 0 Å². The number of rotatable bonds is 5. The Morgan fingerprint density at radius 2 is 1.62 bits per heavy atom. The van der Waals surface area contributed by atoms with E-state index in [2.05, 4.69) is 6.08 Å². The van der Waals surface area contributed by atoms with Crippen molar-refractivity contribution in [1.82, 2.24) is 0 Å². The molecule has 2 aliphatic rings. The van der Waals surface area contributed by atoms with Gasteiger partial charge < -0.3 is 5.11 Å². The van der Waals surface area contributed by atoms with Crippen molar-refractivity contribution < 1.29 is 14.7 Å². The van der Waals surface area contributed by atoms with Crippen molar-refractivity contribution in [3.8, 4) is 0 Å². The number of benzene rings is 3. The molecule has 0 aromatic heterocycles. The number of halogens is 1. The van der Waals surface area contributed by atoms with Crippen LogP contribution < -0.4 is 0 Å². The lowest BCUT2D eigenvalue weighted by molar-refractivity contribution is -0.115. The smallest absolute Gasteiger partial charge is 0.335 e. The summed E-state index contributed by atoms with van der Waals surface area (Å²) in [5, 5.41) is 9.92. The number of carbonyl (C=O) groups is 2. The summed E-state index contributed by atoms with van der Waals surface area (Å²) in [5.74, 6) is -1.18. The Morgan fingerprint density at radius 1 is 0.912 bits per heavy atom. The van der Waals surface area contributed by atoms with E-state index in [4.69, 9.17) is 11.6 Å². The molecule has 1 N–H and O–H groups in total. The number of fused-ring (bicyclic) bond motifs is 1. The van der Waals surface area contributed by atoms with Gasteiger partial charge in [-0.1, -0.05) is 84.4 Å². The standard InChI is InChI=1S/C30H21ClO3/c31-24-13-10-22(11-14-24)28-18-19(17-27(28)21-6-8-23(9-7-21)30(33)34)5-15-26-25-4-2-1-3-20(25)12-16-29(26)32/h1-16,18,26H,17H2,(H,33,34). The van der Waals surface area contributed by atoms with E-state index in [9.17, 15) is 14.7 Å². The van der Waals surface area contributed by atoms with Crippen LogP contribution in [0.1, 0.15) is 45.0 Å². The molecule has 0 saturated heterocycles. The molecule has 0 heterocycles. The second-order valence-electron chi connectivity index (χ2n) is 8.38. The summed E-state index contributed by atoms with van der Waals surface area (Å²) in [7, 11) is 0. The molecule has 34 heavy (non-hydrogen) atoms. The number of hydrogen-bond acceptors (Lipinski definition) is 2. The van der Waals surface area contributed by atoms with Gasteiger partial charge in [0.15, 0.2) is 5.78 Å². The van der Waals surface area contributed by atoms with Crippen molar-refractivity contribution in [1.29, 1.82) is 0 Å². The Balaban J connectivity index is 1.49. The first kappa shape index (κ1) is 21.9. The summed E-state index contributed by atoms with van der Waals surface area (Å²) in [4.78, 5) is 23.9. The largest absolute Gasteiger partial charge is 0.478 e. The molecule has 1 unspecified atom stereocenters. The van der Waals surface area contributed by atoms with Crippen LogP contribution in [0.15, 0.2) is 103 Å². The summed E-state index contributed by atoms with van der Waals surface area (Å²) in [5.41, 5.74) is 7.59. The van der Waals surface area contributed by atoms with Crippen LogP contribution in [0, 0.1) is 0 Å². The number of ketones is 1. The normalized spacial score (nSPS) is 17.3. The Morgan fingerprint density at radius 3 is 2.35 bits per heavy atom. The zero-order chi connectivity index (χ0) is 23.7. The predicted molar refractivity (Wildman–Crippen MR) is 137 cm³/mol. The summed E-state index contributed by atoms with van der Waals surface area (Å²) in [6.45, 7) is 0. The van der Waals surface area contributed by atoms with Crippen LogP contribution in [0.2, 0.25) is 5.02 Å². The average Bonchev–Trinajstić information content (AvgIpc) is 3.28. The molecule has 0 amide bonds. The maximum absolute atomic E-state index is 12.6. The van der Waals surface area contributed by atoms with Gasteiger partial charge in [-0.25, -0.2) is 4.79 Å². The highest BCUT2D eigenvalue weighted by Crippen LogP contribution is 2.40. The lowest BCUT2D eigenvalue weighted by Gasteiger charge is -2.17. The quantitative estimate of drug-likeness (QED) is 0.433. The van der Waals surface area contributed by atoms with E-state index in [1.54, 1.807) is 18.2 Å². The monoisotopic (exact) mass is 464 g/mol. The Bertz CT molecular complexity index is 1400. The van der Waals surface area contributed by atoms with Crippen LogP contribution in [0.5, 0.6) is 0 Å². The van der Waals surface area contributed by atoms with Gasteiger partial charge in [-0.05, 0) is 75.7 Å². The van der Waals surface area contributed by atoms with Crippen molar-refractivity contribution in [2.45, 2.75) is 12.3 Å². The molecule has 3 nitrogen and oxygen atoms in total. The molecule has 0 bridgehead atoms. The van der Waals surface area contributed by atoms with E-state index in [1.165, 1.54) is 0 Å². The molecule has 0 spiro atoms. The van der Waals surface area contributed by atoms with Crippen LogP contribution in [0.3, 0.4) is 0 Å². The van der Waals surface area contributed by atoms with Crippen LogP contribution in [-0.2, 0) is 4.79 Å². The molecular formula is C30H21ClO3. The molecule has 0 fully saturated rings. The minimum absolute atomic E-state index is 0.0731. The highest BCUT2D eigenvalue weighted by atomic mass is 35.5. The minimum atomic E-state index is -0.946. The maximum atomic E-state index is 12.6. The second-order valence-corrected chi connectivity index (χ2v) is 8.82. The molecule has 0 aliphatic heterocycles. The summed E-state index contributed by atoms with van der Waals surface area (Å²) >= 11 is 6.10. The van der Waals surface area contributed by atoms with Gasteiger partial charge in [0, 0.05) is 5.02 Å². The van der Waals surface area contributed by atoms with E-state index in [-0.39, 0.29) is 17.3 Å². The molecule has 0 saturated carbocycles. The van der Waals surface area contributed by atoms with Crippen molar-refractivity contribution in [3.63, 3.8) is 0 Å². The molecule has 2 aliphatic carbocycles. The van der Waals surface area contributed by atoms with Crippen LogP contribution in [-0.4, -0.2) is 16.9 Å². The van der Waals surface area contributed by atoms with Gasteiger partial charge in [-0.3, -0.25) is 4.79 Å². The molecule has 166 valence electrons. The third-order valence-electron chi connectivity index (χ3n) is 6.24. The van der Waals surface area contributed by atoms with Crippen LogP contribution >= 0.6 is 11.6 Å². The highest BCUT2D eigenvalue weighted by Gasteiger charge is 2.23. The van der Waals surface area contributed by atoms with E-state index in [0.29, 0.717) is 11.4 Å². The fourth-order valence-corrected chi connectivity index (χ4v) is 4.61. The maximum Gasteiger partial charge on any atom is 0.335 e. The molecule has 1 atom stereocenters. The molecule has 3 aromatic rings. The number of allylic oxidation sites excluding steroid dienone is 7. The van der Waals surface area contributed by atoms with Crippen LogP contribution in [0.25, 0.3) is 17.2 Å². The highest BCUT2D eigenvalue weighted by molar-refractivity contribution is 6.30. The number of carboxylic acid groups (broad SMARTS) is 1. The minimum Gasteiger partial charge on any atom is -0.478 e. The zero-order valence-corrected chi connectivity index (χ0v) is 19.0. The van der Waals surface area contributed by atoms with Gasteiger partial charge in [0.2, 0.25) is 0 Å². The number of carboxylic acids is 1. The Hall–Kier alpha value is -3.95. The molecular weight excluding hydrogens is 444 g/mol. The molecule has 0 radical (unpaired) electrons. The van der Waals surface area contributed by atoms with Gasteiger partial charge in [-0.15, -0.1) is 0 Å². The zero-order valence-electron chi connectivity index (χ0n) is 18.2. The molecule has 5 rings (SSSR count). The van der Waals surface area contributed by atoms with E-state index in [0.717, 1.165) is 39.0 Å². The van der Waals surface area contributed by atoms with E-state index in [1.807, 2.05) is 78.9 Å². The van der Waals surface area contributed by atoms with Crippen LogP contribution in [0.4, 0.5) is 0 Å². The Labute approximate surface area is 203 Å². The summed E-state index contributed by atoms with van der Waals surface area (Å²) < 4.78 is 0. The summed E-state index contributed by atoms with van der Waals surface area (Å²) in [6, 6.07) is 22.6. The predicted octanol–water partition coefficient (Wildman–Crippen LogP) is 7.22. The third-order valence-corrected chi connectivity index (χ3v) is 6.49. The number of carbonyl (C=O) groups excluding carboxylic acids is 1. The van der Waals surface area contributed by atoms with Gasteiger partial charge in [0.25, 0.3) is 0 Å². The second kappa shape index (κ2) is 9.12. The average molecular weight is 465 g/mol. The van der Waals surface area contributed by atoms with E-state index >= 15 is 0 Å². The summed E-state index contributed by atoms with van der Waals surface area (Å²) in [6.07, 6.45) is 10.3. The van der Waals surface area contributed by atoms with Gasteiger partial charge >= 0.3 is 5.97 Å². The Kier molecular flexibility index (Phi) is 5.87. The fourth-order valence-electron chi connectivity index (χ4n) is 4.48. The first-order valence-corrected chi connectivity index (χ1v) is 11.4. The number of aromatic carboxylic acids is 1. The van der Waals surface area contributed by atoms with Gasteiger partial charge in [0.1, 0.15) is 0 Å². The fraction of sp³-hybridized carbons (Fsp3) is 0.0667. The van der Waals surface area contributed by atoms with Crippen molar-refractivity contribution >= 4 is 40.6 Å². The lowest BCUT2D eigenvalue weighted by atomic mass is 9.85. The molecule has 4 heteroatoms. The van der Waals surface area contributed by atoms with Crippen molar-refractivity contribution in [3.05, 3.63) is 136 Å². The number of hydrogen-bond donors (Lipinski definition) is 1. The third kappa shape index (κ3) is 4.30. The van der Waals surface area contributed by atoms with E-state index < -0.39 is 5.97 Å².